The Morgan fingerprint density at radius 3 is 2.46 bits per heavy atom. The first-order valence-corrected chi connectivity index (χ1v) is 8.52. The van der Waals surface area contributed by atoms with Crippen molar-refractivity contribution >= 4 is 17.3 Å². The van der Waals surface area contributed by atoms with Gasteiger partial charge in [-0.1, -0.05) is 13.8 Å². The lowest BCUT2D eigenvalue weighted by atomic mass is 9.93. The van der Waals surface area contributed by atoms with Gasteiger partial charge in [0.1, 0.15) is 0 Å². The first kappa shape index (κ1) is 20.7. The van der Waals surface area contributed by atoms with Crippen LogP contribution in [-0.2, 0) is 12.6 Å². The molecule has 1 rings (SSSR count). The second-order valence-corrected chi connectivity index (χ2v) is 7.57. The minimum Gasteiger partial charge on any atom is -0.356 e. The van der Waals surface area contributed by atoms with E-state index >= 15 is 0 Å². The highest BCUT2D eigenvalue weighted by atomic mass is 32.1. The molecule has 9 heteroatoms. The molecule has 0 aliphatic rings. The van der Waals surface area contributed by atoms with Crippen molar-refractivity contribution in [2.45, 2.75) is 26.4 Å². The molecule has 0 aliphatic carbocycles. The van der Waals surface area contributed by atoms with Gasteiger partial charge in [0.15, 0.2) is 11.7 Å². The van der Waals surface area contributed by atoms with Gasteiger partial charge in [0.05, 0.1) is 5.01 Å². The van der Waals surface area contributed by atoms with Crippen LogP contribution in [0.15, 0.2) is 10.4 Å². The Bertz CT molecular complexity index is 537. The van der Waals surface area contributed by atoms with E-state index in [1.165, 1.54) is 0 Å². The van der Waals surface area contributed by atoms with E-state index in [1.54, 1.807) is 7.05 Å². The first-order chi connectivity index (χ1) is 11.0. The van der Waals surface area contributed by atoms with Crippen molar-refractivity contribution in [1.82, 2.24) is 20.5 Å². The zero-order valence-electron chi connectivity index (χ0n) is 14.8. The number of hydrogen-bond donors (Lipinski definition) is 2. The summed E-state index contributed by atoms with van der Waals surface area (Å²) in [7, 11) is 5.72. The Morgan fingerprint density at radius 2 is 1.96 bits per heavy atom. The van der Waals surface area contributed by atoms with Gasteiger partial charge in [-0.2, -0.15) is 13.2 Å². The monoisotopic (exact) mass is 365 g/mol. The zero-order valence-corrected chi connectivity index (χ0v) is 15.6. The van der Waals surface area contributed by atoms with Crippen molar-refractivity contribution < 1.29 is 13.2 Å². The third-order valence-electron chi connectivity index (χ3n) is 3.18. The summed E-state index contributed by atoms with van der Waals surface area (Å²) in [6, 6.07) is 0. The Balaban J connectivity index is 2.41. The smallest absolute Gasteiger partial charge is 0.356 e. The fourth-order valence-corrected chi connectivity index (χ4v) is 3.10. The SMILES string of the molecule is CN=C(NCCc1nc(C(F)(F)F)cs1)NCC(C)(C)CN(C)C. The minimum atomic E-state index is -4.38. The number of aromatic nitrogens is 1. The van der Waals surface area contributed by atoms with Crippen LogP contribution in [-0.4, -0.2) is 56.6 Å². The van der Waals surface area contributed by atoms with Gasteiger partial charge in [-0.25, -0.2) is 4.98 Å². The minimum absolute atomic E-state index is 0.0675. The van der Waals surface area contributed by atoms with Crippen LogP contribution in [0.25, 0.3) is 0 Å². The largest absolute Gasteiger partial charge is 0.434 e. The van der Waals surface area contributed by atoms with Crippen LogP contribution in [0.3, 0.4) is 0 Å². The Labute approximate surface area is 145 Å². The molecule has 0 radical (unpaired) electrons. The molecule has 2 N–H and O–H groups in total. The van der Waals surface area contributed by atoms with Crippen LogP contribution in [0.2, 0.25) is 0 Å². The molecule has 0 aliphatic heterocycles. The van der Waals surface area contributed by atoms with Crippen LogP contribution in [0.5, 0.6) is 0 Å². The molecule has 0 spiro atoms. The average molecular weight is 365 g/mol. The van der Waals surface area contributed by atoms with E-state index in [0.717, 1.165) is 29.8 Å². The van der Waals surface area contributed by atoms with Crippen molar-refractivity contribution in [3.63, 3.8) is 0 Å². The number of nitrogens with one attached hydrogen (secondary N) is 2. The number of aliphatic imine (C=N–C) groups is 1. The van der Waals surface area contributed by atoms with Crippen LogP contribution in [0.1, 0.15) is 24.5 Å². The van der Waals surface area contributed by atoms with Gasteiger partial charge in [-0.3, -0.25) is 4.99 Å². The second-order valence-electron chi connectivity index (χ2n) is 6.63. The Hall–Kier alpha value is -1.35. The highest BCUT2D eigenvalue weighted by Gasteiger charge is 2.33. The number of halogens is 3. The number of hydrogen-bond acceptors (Lipinski definition) is 4. The van der Waals surface area contributed by atoms with Crippen molar-refractivity contribution in [2.24, 2.45) is 10.4 Å². The third kappa shape index (κ3) is 7.48. The summed E-state index contributed by atoms with van der Waals surface area (Å²) >= 11 is 1.02. The average Bonchev–Trinajstić information content (AvgIpc) is 2.90. The highest BCUT2D eigenvalue weighted by molar-refractivity contribution is 7.09. The maximum atomic E-state index is 12.5. The summed E-state index contributed by atoms with van der Waals surface area (Å²) in [4.78, 5) is 9.86. The van der Waals surface area contributed by atoms with Crippen molar-refractivity contribution in [1.29, 1.82) is 0 Å². The molecule has 0 amide bonds. The fourth-order valence-electron chi connectivity index (χ4n) is 2.30. The molecular weight excluding hydrogens is 339 g/mol. The second kappa shape index (κ2) is 8.66. The van der Waals surface area contributed by atoms with E-state index in [9.17, 15) is 13.2 Å². The lowest BCUT2D eigenvalue weighted by molar-refractivity contribution is -0.140. The Kier molecular flexibility index (Phi) is 7.47. The summed E-state index contributed by atoms with van der Waals surface area (Å²) in [5, 5.41) is 7.85. The van der Waals surface area contributed by atoms with Crippen LogP contribution in [0.4, 0.5) is 13.2 Å². The highest BCUT2D eigenvalue weighted by Crippen LogP contribution is 2.29. The third-order valence-corrected chi connectivity index (χ3v) is 4.08. The molecule has 138 valence electrons. The molecule has 24 heavy (non-hydrogen) atoms. The number of rotatable bonds is 7. The van der Waals surface area contributed by atoms with Crippen LogP contribution < -0.4 is 10.6 Å². The molecule has 1 aromatic rings. The molecule has 0 unspecified atom stereocenters. The van der Waals surface area contributed by atoms with Crippen molar-refractivity contribution in [3.8, 4) is 0 Å². The van der Waals surface area contributed by atoms with E-state index in [0.29, 0.717) is 23.9 Å². The lowest BCUT2D eigenvalue weighted by Gasteiger charge is -2.29. The predicted molar refractivity (Wildman–Crippen MR) is 92.5 cm³/mol. The van der Waals surface area contributed by atoms with Gasteiger partial charge in [-0.05, 0) is 19.5 Å². The maximum Gasteiger partial charge on any atom is 0.434 e. The van der Waals surface area contributed by atoms with Gasteiger partial charge in [0.2, 0.25) is 0 Å². The maximum absolute atomic E-state index is 12.5. The van der Waals surface area contributed by atoms with E-state index < -0.39 is 11.9 Å². The molecule has 5 nitrogen and oxygen atoms in total. The normalized spacial score (nSPS) is 13.5. The lowest BCUT2D eigenvalue weighted by Crippen LogP contribution is -2.45. The summed E-state index contributed by atoms with van der Waals surface area (Å²) < 4.78 is 37.5. The van der Waals surface area contributed by atoms with Gasteiger partial charge >= 0.3 is 6.18 Å². The van der Waals surface area contributed by atoms with Crippen LogP contribution in [0, 0.1) is 5.41 Å². The molecule has 0 saturated heterocycles. The van der Waals surface area contributed by atoms with E-state index in [-0.39, 0.29) is 5.41 Å². The van der Waals surface area contributed by atoms with Crippen molar-refractivity contribution in [3.05, 3.63) is 16.1 Å². The zero-order chi connectivity index (χ0) is 18.4. The van der Waals surface area contributed by atoms with Gasteiger partial charge in [0, 0.05) is 38.5 Å². The fraction of sp³-hybridized carbons (Fsp3) is 0.733. The van der Waals surface area contributed by atoms with E-state index in [4.69, 9.17) is 0 Å². The molecule has 0 fully saturated rings. The van der Waals surface area contributed by atoms with E-state index in [1.807, 2.05) is 14.1 Å². The topological polar surface area (TPSA) is 52.6 Å². The molecule has 0 bridgehead atoms. The molecule has 1 aromatic heterocycles. The first-order valence-electron chi connectivity index (χ1n) is 7.64. The van der Waals surface area contributed by atoms with Crippen molar-refractivity contribution in [2.75, 3.05) is 40.8 Å². The summed E-state index contributed by atoms with van der Waals surface area (Å²) in [6.07, 6.45) is -3.96. The predicted octanol–water partition coefficient (Wildman–Crippen LogP) is 2.46. The van der Waals surface area contributed by atoms with Gasteiger partial charge in [0.25, 0.3) is 0 Å². The molecule has 1 heterocycles. The van der Waals surface area contributed by atoms with Gasteiger partial charge < -0.3 is 15.5 Å². The molecule has 0 aromatic carbocycles. The van der Waals surface area contributed by atoms with E-state index in [2.05, 4.69) is 39.4 Å². The van der Waals surface area contributed by atoms with Gasteiger partial charge in [-0.15, -0.1) is 11.3 Å². The number of thiazole rings is 1. The quantitative estimate of drug-likeness (QED) is 0.576. The summed E-state index contributed by atoms with van der Waals surface area (Å²) in [5.74, 6) is 0.634. The molecule has 0 atom stereocenters. The number of guanidine groups is 1. The molecule has 0 saturated carbocycles. The van der Waals surface area contributed by atoms with Crippen LogP contribution >= 0.6 is 11.3 Å². The Morgan fingerprint density at radius 1 is 1.29 bits per heavy atom. The summed E-state index contributed by atoms with van der Waals surface area (Å²) in [6.45, 7) is 6.44. The summed E-state index contributed by atoms with van der Waals surface area (Å²) in [5.41, 5.74) is -0.756. The standard InChI is InChI=1S/C15H26F3N5S/c1-14(2,10-23(4)5)9-21-13(19-3)20-7-6-12-22-11(8-24-12)15(16,17)18/h8H,6-7,9-10H2,1-5H3,(H2,19,20,21). The molecular formula is C15H26F3N5S. The number of nitrogens with zero attached hydrogens (tertiary/aromatic N) is 3. The number of alkyl halides is 3.